The van der Waals surface area contributed by atoms with Crippen LogP contribution in [0.2, 0.25) is 5.02 Å². The zero-order valence-corrected chi connectivity index (χ0v) is 14.7. The van der Waals surface area contributed by atoms with Crippen LogP contribution in [0.5, 0.6) is 11.5 Å². The van der Waals surface area contributed by atoms with Crippen molar-refractivity contribution in [3.63, 3.8) is 0 Å². The van der Waals surface area contributed by atoms with E-state index in [4.69, 9.17) is 31.2 Å². The molecule has 0 amide bonds. The fourth-order valence-corrected chi connectivity index (χ4v) is 2.74. The summed E-state index contributed by atoms with van der Waals surface area (Å²) >= 11 is 6.14. The highest BCUT2D eigenvalue weighted by molar-refractivity contribution is 6.38. The number of nitrogens with zero attached hydrogens (tertiary/aromatic N) is 2. The number of rotatable bonds is 5. The molecule has 1 heterocycles. The van der Waals surface area contributed by atoms with E-state index in [1.54, 1.807) is 6.92 Å². The van der Waals surface area contributed by atoms with Crippen molar-refractivity contribution in [1.29, 1.82) is 5.26 Å². The molecule has 0 saturated heterocycles. The molecule has 3 rings (SSSR count). The minimum atomic E-state index is -0.670. The summed E-state index contributed by atoms with van der Waals surface area (Å²) in [4.78, 5) is 17.8. The Labute approximate surface area is 155 Å². The summed E-state index contributed by atoms with van der Waals surface area (Å²) in [5.74, 6) is -0.386. The second-order valence-electron chi connectivity index (χ2n) is 5.47. The fraction of sp³-hybridized carbons (Fsp3) is 0.211. The fourth-order valence-electron chi connectivity index (χ4n) is 2.49. The van der Waals surface area contributed by atoms with Gasteiger partial charge in [0.2, 0.25) is 0 Å². The van der Waals surface area contributed by atoms with Gasteiger partial charge in [-0.15, -0.1) is 0 Å². The number of carbonyl (C=O) groups is 1. The van der Waals surface area contributed by atoms with Gasteiger partial charge in [0.25, 0.3) is 0 Å². The van der Waals surface area contributed by atoms with Gasteiger partial charge >= 0.3 is 5.97 Å². The standard InChI is InChI=1S/C19H15ClN2O4/c1-2-24-17-9-12(11-21)8-14(20)18(17)25-19(23)15-10-16(26-22-15)13-6-4-3-5-7-13/h3-9,16H,2,10H2,1H3. The van der Waals surface area contributed by atoms with Crippen LogP contribution in [0.1, 0.15) is 30.6 Å². The summed E-state index contributed by atoms with van der Waals surface area (Å²) in [6.45, 7) is 2.10. The molecule has 6 nitrogen and oxygen atoms in total. The van der Waals surface area contributed by atoms with Gasteiger partial charge in [-0.2, -0.15) is 5.26 Å². The summed E-state index contributed by atoms with van der Waals surface area (Å²) < 4.78 is 10.8. The molecule has 7 heteroatoms. The van der Waals surface area contributed by atoms with Crippen LogP contribution in [0.15, 0.2) is 47.6 Å². The number of benzene rings is 2. The SMILES string of the molecule is CCOc1cc(C#N)cc(Cl)c1OC(=O)C1=NOC(c2ccccc2)C1. The topological polar surface area (TPSA) is 80.9 Å². The highest BCUT2D eigenvalue weighted by Gasteiger charge is 2.30. The predicted molar refractivity (Wildman–Crippen MR) is 95.3 cm³/mol. The molecule has 0 N–H and O–H groups in total. The van der Waals surface area contributed by atoms with E-state index in [2.05, 4.69) is 5.16 Å². The summed E-state index contributed by atoms with van der Waals surface area (Å²) in [5.41, 5.74) is 1.39. The molecule has 0 saturated carbocycles. The van der Waals surface area contributed by atoms with Crippen LogP contribution in [0.25, 0.3) is 0 Å². The van der Waals surface area contributed by atoms with Gasteiger partial charge in [0.1, 0.15) is 0 Å². The van der Waals surface area contributed by atoms with Crippen molar-refractivity contribution >= 4 is 23.3 Å². The summed E-state index contributed by atoms with van der Waals surface area (Å²) in [6.07, 6.45) is -0.0395. The van der Waals surface area contributed by atoms with Crippen LogP contribution < -0.4 is 9.47 Å². The molecule has 0 aliphatic carbocycles. The van der Waals surface area contributed by atoms with E-state index in [9.17, 15) is 4.79 Å². The van der Waals surface area contributed by atoms with Crippen molar-refractivity contribution < 1.29 is 19.1 Å². The minimum absolute atomic E-state index is 0.0587. The number of ether oxygens (including phenoxy) is 2. The van der Waals surface area contributed by atoms with Gasteiger partial charge in [0.15, 0.2) is 23.3 Å². The smallest absolute Gasteiger partial charge is 0.361 e. The van der Waals surface area contributed by atoms with Gasteiger partial charge in [-0.3, -0.25) is 0 Å². The molecule has 0 fully saturated rings. The second-order valence-corrected chi connectivity index (χ2v) is 5.87. The third-order valence-corrected chi connectivity index (χ3v) is 3.99. The van der Waals surface area contributed by atoms with Crippen LogP contribution in [0.4, 0.5) is 0 Å². The molecule has 1 unspecified atom stereocenters. The number of hydrogen-bond acceptors (Lipinski definition) is 6. The average molecular weight is 371 g/mol. The maximum Gasteiger partial charge on any atom is 0.361 e. The number of esters is 1. The Morgan fingerprint density at radius 3 is 2.85 bits per heavy atom. The highest BCUT2D eigenvalue weighted by atomic mass is 35.5. The Morgan fingerprint density at radius 2 is 2.15 bits per heavy atom. The molecule has 2 aromatic carbocycles. The molecular formula is C19H15ClN2O4. The van der Waals surface area contributed by atoms with E-state index in [1.165, 1.54) is 12.1 Å². The molecule has 0 radical (unpaired) electrons. The first-order valence-electron chi connectivity index (χ1n) is 7.98. The molecule has 1 aliphatic rings. The molecular weight excluding hydrogens is 356 g/mol. The molecule has 0 aromatic heterocycles. The zero-order valence-electron chi connectivity index (χ0n) is 13.9. The molecule has 26 heavy (non-hydrogen) atoms. The molecule has 0 bridgehead atoms. The van der Waals surface area contributed by atoms with Crippen LogP contribution in [-0.2, 0) is 9.63 Å². The van der Waals surface area contributed by atoms with Crippen molar-refractivity contribution in [3.05, 3.63) is 58.6 Å². The monoisotopic (exact) mass is 370 g/mol. The Balaban J connectivity index is 1.76. The number of oxime groups is 1. The Hall–Kier alpha value is -3.04. The highest BCUT2D eigenvalue weighted by Crippen LogP contribution is 2.37. The van der Waals surface area contributed by atoms with E-state index in [1.807, 2.05) is 36.4 Å². The van der Waals surface area contributed by atoms with Crippen molar-refractivity contribution in [3.8, 4) is 17.6 Å². The van der Waals surface area contributed by atoms with Crippen LogP contribution in [0.3, 0.4) is 0 Å². The van der Waals surface area contributed by atoms with Crippen molar-refractivity contribution in [2.45, 2.75) is 19.4 Å². The van der Waals surface area contributed by atoms with Crippen molar-refractivity contribution in [1.82, 2.24) is 0 Å². The third kappa shape index (κ3) is 3.79. The number of carbonyl (C=O) groups excluding carboxylic acids is 1. The first kappa shape index (κ1) is 17.8. The van der Waals surface area contributed by atoms with Gasteiger partial charge in [0, 0.05) is 12.5 Å². The van der Waals surface area contributed by atoms with Gasteiger partial charge < -0.3 is 14.3 Å². The first-order valence-corrected chi connectivity index (χ1v) is 8.36. The summed E-state index contributed by atoms with van der Waals surface area (Å²) in [7, 11) is 0. The summed E-state index contributed by atoms with van der Waals surface area (Å²) in [5, 5.41) is 13.0. The first-order chi connectivity index (χ1) is 12.6. The van der Waals surface area contributed by atoms with Gasteiger partial charge in [-0.05, 0) is 18.6 Å². The number of halogens is 1. The van der Waals surface area contributed by atoms with E-state index in [0.717, 1.165) is 5.56 Å². The second kappa shape index (κ2) is 7.89. The molecule has 1 atom stereocenters. The lowest BCUT2D eigenvalue weighted by Gasteiger charge is -2.12. The predicted octanol–water partition coefficient (Wildman–Crippen LogP) is 4.03. The van der Waals surface area contributed by atoms with Crippen LogP contribution in [0, 0.1) is 11.3 Å². The lowest BCUT2D eigenvalue weighted by atomic mass is 10.0. The van der Waals surface area contributed by atoms with Crippen LogP contribution >= 0.6 is 11.6 Å². The number of nitriles is 1. The molecule has 2 aromatic rings. The lowest BCUT2D eigenvalue weighted by molar-refractivity contribution is -0.127. The molecule has 0 spiro atoms. The van der Waals surface area contributed by atoms with E-state index < -0.39 is 5.97 Å². The Morgan fingerprint density at radius 1 is 1.38 bits per heavy atom. The quantitative estimate of drug-likeness (QED) is 0.586. The Kier molecular flexibility index (Phi) is 5.40. The number of hydrogen-bond donors (Lipinski definition) is 0. The average Bonchev–Trinajstić information content (AvgIpc) is 3.15. The van der Waals surface area contributed by atoms with Gasteiger partial charge in [-0.1, -0.05) is 47.1 Å². The minimum Gasteiger partial charge on any atom is -0.490 e. The lowest BCUT2D eigenvalue weighted by Crippen LogP contribution is -2.20. The third-order valence-electron chi connectivity index (χ3n) is 3.71. The van der Waals surface area contributed by atoms with E-state index in [-0.39, 0.29) is 28.3 Å². The Bertz CT molecular complexity index is 890. The molecule has 132 valence electrons. The maximum absolute atomic E-state index is 12.4. The van der Waals surface area contributed by atoms with Crippen molar-refractivity contribution in [2.75, 3.05) is 6.61 Å². The van der Waals surface area contributed by atoms with Gasteiger partial charge in [0.05, 0.1) is 23.3 Å². The van der Waals surface area contributed by atoms with Crippen LogP contribution in [-0.4, -0.2) is 18.3 Å². The maximum atomic E-state index is 12.4. The largest absolute Gasteiger partial charge is 0.490 e. The van der Waals surface area contributed by atoms with Gasteiger partial charge in [-0.25, -0.2) is 4.79 Å². The van der Waals surface area contributed by atoms with Crippen molar-refractivity contribution in [2.24, 2.45) is 5.16 Å². The van der Waals surface area contributed by atoms with E-state index >= 15 is 0 Å². The van der Waals surface area contributed by atoms with E-state index in [0.29, 0.717) is 18.6 Å². The summed E-state index contributed by atoms with van der Waals surface area (Å²) in [6, 6.07) is 14.3. The zero-order chi connectivity index (χ0) is 18.5. The normalized spacial score (nSPS) is 15.6. The molecule has 1 aliphatic heterocycles.